The van der Waals surface area contributed by atoms with Crippen molar-refractivity contribution >= 4 is 0 Å². The molecule has 0 radical (unpaired) electrons. The average Bonchev–Trinajstić information content (AvgIpc) is 2.68. The van der Waals surface area contributed by atoms with Gasteiger partial charge in [0.1, 0.15) is 5.82 Å². The van der Waals surface area contributed by atoms with Gasteiger partial charge in [0.15, 0.2) is 11.6 Å². The summed E-state index contributed by atoms with van der Waals surface area (Å²) in [4.78, 5) is 0. The zero-order valence-corrected chi connectivity index (χ0v) is 15.3. The summed E-state index contributed by atoms with van der Waals surface area (Å²) in [5.41, 5.74) is 2.60. The molecule has 26 heavy (non-hydrogen) atoms. The minimum atomic E-state index is -0.920. The van der Waals surface area contributed by atoms with Gasteiger partial charge < -0.3 is 0 Å². The lowest BCUT2D eigenvalue weighted by molar-refractivity contribution is 0.514. The molecule has 3 rings (SSSR count). The highest BCUT2D eigenvalue weighted by atomic mass is 19.2. The van der Waals surface area contributed by atoms with E-state index in [1.807, 2.05) is 26.0 Å². The van der Waals surface area contributed by atoms with Crippen LogP contribution < -0.4 is 0 Å². The fourth-order valence-corrected chi connectivity index (χ4v) is 2.76. The van der Waals surface area contributed by atoms with E-state index < -0.39 is 17.5 Å². The lowest BCUT2D eigenvalue weighted by Gasteiger charge is -2.10. The van der Waals surface area contributed by atoms with Gasteiger partial charge in [-0.25, -0.2) is 13.2 Å². The second-order valence-electron chi connectivity index (χ2n) is 5.74. The molecule has 3 aromatic rings. The van der Waals surface area contributed by atoms with Crippen LogP contribution in [-0.4, -0.2) is 0 Å². The van der Waals surface area contributed by atoms with Crippen molar-refractivity contribution in [1.29, 1.82) is 0 Å². The molecule has 0 saturated heterocycles. The van der Waals surface area contributed by atoms with Crippen molar-refractivity contribution in [2.75, 3.05) is 0 Å². The normalized spacial score (nSPS) is 10.2. The van der Waals surface area contributed by atoms with E-state index in [0.717, 1.165) is 12.8 Å². The van der Waals surface area contributed by atoms with E-state index in [9.17, 15) is 13.2 Å². The fraction of sp³-hybridized carbons (Fsp3) is 0.217. The van der Waals surface area contributed by atoms with Gasteiger partial charge in [0, 0.05) is 11.1 Å². The third-order valence-corrected chi connectivity index (χ3v) is 4.04. The molecular formula is C23H23F3. The Hall–Kier alpha value is -2.55. The Labute approximate surface area is 153 Å². The molecule has 0 aliphatic carbocycles. The highest BCUT2D eigenvalue weighted by molar-refractivity contribution is 5.71. The minimum Gasteiger partial charge on any atom is -0.207 e. The van der Waals surface area contributed by atoms with E-state index in [-0.39, 0.29) is 11.1 Å². The number of aryl methyl sites for hydroxylation is 1. The maximum atomic E-state index is 14.5. The van der Waals surface area contributed by atoms with Gasteiger partial charge in [0.05, 0.1) is 0 Å². The Morgan fingerprint density at radius 1 is 0.615 bits per heavy atom. The molecular weight excluding hydrogens is 333 g/mol. The van der Waals surface area contributed by atoms with Gasteiger partial charge in [0.2, 0.25) is 0 Å². The monoisotopic (exact) mass is 356 g/mol. The summed E-state index contributed by atoms with van der Waals surface area (Å²) in [6.45, 7) is 6.09. The fourth-order valence-electron chi connectivity index (χ4n) is 2.76. The van der Waals surface area contributed by atoms with Crippen LogP contribution in [-0.2, 0) is 6.42 Å². The summed E-state index contributed by atoms with van der Waals surface area (Å²) < 4.78 is 42.0. The van der Waals surface area contributed by atoms with Gasteiger partial charge in [-0.05, 0) is 35.2 Å². The standard InChI is InChI=1S/C21H17F3.C2H6/c1-2-3-14-4-6-15(7-5-14)18-12-13-19(21(24)20(18)23)16-8-10-17(22)11-9-16;1-2/h4-13H,2-3H2,1H3;1-2H3. The van der Waals surface area contributed by atoms with Crippen LogP contribution in [0.1, 0.15) is 32.8 Å². The topological polar surface area (TPSA) is 0 Å². The SMILES string of the molecule is CC.CCCc1ccc(-c2ccc(-c3ccc(F)cc3)c(F)c2F)cc1. The van der Waals surface area contributed by atoms with E-state index >= 15 is 0 Å². The number of rotatable bonds is 4. The summed E-state index contributed by atoms with van der Waals surface area (Å²) in [7, 11) is 0. The van der Waals surface area contributed by atoms with E-state index in [1.54, 1.807) is 18.2 Å². The van der Waals surface area contributed by atoms with Crippen molar-refractivity contribution in [1.82, 2.24) is 0 Å². The van der Waals surface area contributed by atoms with Gasteiger partial charge in [-0.2, -0.15) is 0 Å². The van der Waals surface area contributed by atoms with Crippen LogP contribution in [0, 0.1) is 17.5 Å². The zero-order chi connectivity index (χ0) is 19.1. The summed E-state index contributed by atoms with van der Waals surface area (Å²) >= 11 is 0. The Morgan fingerprint density at radius 2 is 1.04 bits per heavy atom. The zero-order valence-electron chi connectivity index (χ0n) is 15.3. The molecule has 0 aliphatic rings. The first-order valence-corrected chi connectivity index (χ1v) is 8.93. The summed E-state index contributed by atoms with van der Waals surface area (Å²) in [6.07, 6.45) is 2.00. The van der Waals surface area contributed by atoms with Crippen LogP contribution >= 0.6 is 0 Å². The van der Waals surface area contributed by atoms with Gasteiger partial charge >= 0.3 is 0 Å². The lowest BCUT2D eigenvalue weighted by Crippen LogP contribution is -1.94. The number of hydrogen-bond acceptors (Lipinski definition) is 0. The summed E-state index contributed by atoms with van der Waals surface area (Å²) in [5, 5.41) is 0. The van der Waals surface area contributed by atoms with Gasteiger partial charge in [-0.1, -0.05) is 75.7 Å². The second-order valence-corrected chi connectivity index (χ2v) is 5.74. The Morgan fingerprint density at radius 3 is 1.46 bits per heavy atom. The number of halogens is 3. The molecule has 0 atom stereocenters. The highest BCUT2D eigenvalue weighted by Gasteiger charge is 2.16. The largest absolute Gasteiger partial charge is 0.207 e. The molecule has 0 spiro atoms. The predicted molar refractivity (Wildman–Crippen MR) is 103 cm³/mol. The van der Waals surface area contributed by atoms with E-state index in [4.69, 9.17) is 0 Å². The summed E-state index contributed by atoms with van der Waals surface area (Å²) in [6, 6.07) is 15.9. The highest BCUT2D eigenvalue weighted by Crippen LogP contribution is 2.31. The third kappa shape index (κ3) is 4.34. The first-order valence-electron chi connectivity index (χ1n) is 8.93. The number of hydrogen-bond donors (Lipinski definition) is 0. The van der Waals surface area contributed by atoms with Gasteiger partial charge in [0.25, 0.3) is 0 Å². The van der Waals surface area contributed by atoms with Crippen molar-refractivity contribution < 1.29 is 13.2 Å². The molecule has 0 amide bonds. The van der Waals surface area contributed by atoms with Crippen LogP contribution in [0.2, 0.25) is 0 Å². The molecule has 0 fully saturated rings. The molecule has 3 aromatic carbocycles. The van der Waals surface area contributed by atoms with Crippen molar-refractivity contribution in [3.8, 4) is 22.3 Å². The molecule has 3 heteroatoms. The molecule has 0 nitrogen and oxygen atoms in total. The quantitative estimate of drug-likeness (QED) is 0.456. The minimum absolute atomic E-state index is 0.124. The molecule has 0 unspecified atom stereocenters. The average molecular weight is 356 g/mol. The van der Waals surface area contributed by atoms with E-state index in [0.29, 0.717) is 11.1 Å². The van der Waals surface area contributed by atoms with Crippen LogP contribution in [0.3, 0.4) is 0 Å². The summed E-state index contributed by atoms with van der Waals surface area (Å²) in [5.74, 6) is -2.22. The molecule has 0 bridgehead atoms. The molecule has 0 aromatic heterocycles. The van der Waals surface area contributed by atoms with Gasteiger partial charge in [-0.15, -0.1) is 0 Å². The molecule has 0 N–H and O–H groups in total. The van der Waals surface area contributed by atoms with Crippen LogP contribution in [0.5, 0.6) is 0 Å². The molecule has 0 heterocycles. The first-order chi connectivity index (χ1) is 12.6. The molecule has 136 valence electrons. The maximum Gasteiger partial charge on any atom is 0.167 e. The first kappa shape index (κ1) is 19.8. The predicted octanol–water partition coefficient (Wildman–Crippen LogP) is 7.42. The molecule has 0 aliphatic heterocycles. The van der Waals surface area contributed by atoms with Crippen LogP contribution in [0.15, 0.2) is 60.7 Å². The van der Waals surface area contributed by atoms with Crippen molar-refractivity contribution in [3.63, 3.8) is 0 Å². The van der Waals surface area contributed by atoms with E-state index in [1.165, 1.54) is 35.9 Å². The lowest BCUT2D eigenvalue weighted by atomic mass is 9.97. The van der Waals surface area contributed by atoms with Crippen molar-refractivity contribution in [2.24, 2.45) is 0 Å². The maximum absolute atomic E-state index is 14.5. The molecule has 0 saturated carbocycles. The smallest absolute Gasteiger partial charge is 0.167 e. The second kappa shape index (κ2) is 9.23. The van der Waals surface area contributed by atoms with Crippen LogP contribution in [0.4, 0.5) is 13.2 Å². The number of benzene rings is 3. The third-order valence-electron chi connectivity index (χ3n) is 4.04. The Bertz CT molecular complexity index is 835. The van der Waals surface area contributed by atoms with E-state index in [2.05, 4.69) is 6.92 Å². The van der Waals surface area contributed by atoms with Crippen molar-refractivity contribution in [2.45, 2.75) is 33.6 Å². The van der Waals surface area contributed by atoms with Gasteiger partial charge in [-0.3, -0.25) is 0 Å². The van der Waals surface area contributed by atoms with Crippen LogP contribution in [0.25, 0.3) is 22.3 Å². The Kier molecular flexibility index (Phi) is 7.02. The Balaban J connectivity index is 0.00000117. The van der Waals surface area contributed by atoms with Crippen molar-refractivity contribution in [3.05, 3.63) is 83.7 Å².